The van der Waals surface area contributed by atoms with E-state index in [1.54, 1.807) is 18.3 Å². The topological polar surface area (TPSA) is 86.3 Å². The van der Waals surface area contributed by atoms with Gasteiger partial charge in [-0.15, -0.1) is 0 Å². The number of carbonyl (C=O) groups excluding carboxylic acids is 2. The Morgan fingerprint density at radius 1 is 1.12 bits per heavy atom. The Morgan fingerprint density at radius 2 is 1.92 bits per heavy atom. The average molecular weight is 370 g/mol. The number of hydrogen-bond acceptors (Lipinski definition) is 4. The molecule has 0 atom stereocenters. The maximum absolute atomic E-state index is 13.0. The molecule has 0 radical (unpaired) electrons. The van der Waals surface area contributed by atoms with Gasteiger partial charge in [0.1, 0.15) is 11.5 Å². The predicted molar refractivity (Wildman–Crippen MR) is 97.9 cm³/mol. The third-order valence-corrected chi connectivity index (χ3v) is 5.24. The Bertz CT molecular complexity index is 946. The molecule has 2 aromatic rings. The Morgan fingerprint density at radius 3 is 2.73 bits per heavy atom. The molecular weight excluding hydrogens is 355 g/mol. The van der Waals surface area contributed by atoms with Gasteiger partial charge in [0.25, 0.3) is 11.8 Å². The Kier molecular flexibility index (Phi) is 4.34. The second-order valence-electron chi connectivity index (χ2n) is 5.88. The molecule has 3 N–H and O–H groups in total. The maximum Gasteiger partial charge on any atom is 0.268 e. The van der Waals surface area contributed by atoms with Crippen LogP contribution in [0.4, 0.5) is 4.39 Å². The van der Waals surface area contributed by atoms with E-state index < -0.39 is 0 Å². The van der Waals surface area contributed by atoms with E-state index in [1.807, 2.05) is 6.07 Å². The number of halogens is 1. The molecule has 6 nitrogen and oxygen atoms in total. The van der Waals surface area contributed by atoms with E-state index in [4.69, 9.17) is 0 Å². The molecular formula is C18H15FN4O2S. The smallest absolute Gasteiger partial charge is 0.268 e. The van der Waals surface area contributed by atoms with Crippen LogP contribution in [0, 0.1) is 5.82 Å². The van der Waals surface area contributed by atoms with Crippen molar-refractivity contribution in [1.82, 2.24) is 15.6 Å². The molecule has 8 heteroatoms. The summed E-state index contributed by atoms with van der Waals surface area (Å²) in [5.41, 5.74) is 2.90. The molecule has 1 fully saturated rings. The van der Waals surface area contributed by atoms with Gasteiger partial charge < -0.3 is 15.6 Å². The highest BCUT2D eigenvalue weighted by Crippen LogP contribution is 2.36. The van der Waals surface area contributed by atoms with Gasteiger partial charge in [0.15, 0.2) is 5.17 Å². The highest BCUT2D eigenvalue weighted by Gasteiger charge is 2.30. The normalized spacial score (nSPS) is 21.3. The van der Waals surface area contributed by atoms with E-state index in [9.17, 15) is 14.0 Å². The minimum absolute atomic E-state index is 0.172. The zero-order chi connectivity index (χ0) is 18.1. The third kappa shape index (κ3) is 3.15. The summed E-state index contributed by atoms with van der Waals surface area (Å²) in [7, 11) is 0. The minimum atomic E-state index is -0.296. The van der Waals surface area contributed by atoms with Crippen molar-refractivity contribution in [2.45, 2.75) is 13.0 Å². The van der Waals surface area contributed by atoms with Gasteiger partial charge in [-0.2, -0.15) is 0 Å². The van der Waals surface area contributed by atoms with Crippen molar-refractivity contribution < 1.29 is 14.0 Å². The second kappa shape index (κ2) is 6.80. The molecule has 1 aromatic carbocycles. The molecule has 0 unspecified atom stereocenters. The number of thioether (sulfide) groups is 1. The van der Waals surface area contributed by atoms with E-state index in [2.05, 4.69) is 20.6 Å². The summed E-state index contributed by atoms with van der Waals surface area (Å²) in [6.45, 7) is 0.817. The Labute approximate surface area is 153 Å². The summed E-state index contributed by atoms with van der Waals surface area (Å²) >= 11 is 1.27. The number of carbonyl (C=O) groups is 2. The van der Waals surface area contributed by atoms with Crippen LogP contribution in [-0.2, 0) is 11.3 Å². The largest absolute Gasteiger partial charge is 0.357 e. The fraction of sp³-hybridized carbons (Fsp3) is 0.167. The van der Waals surface area contributed by atoms with Crippen molar-refractivity contribution >= 4 is 34.3 Å². The lowest BCUT2D eigenvalue weighted by Gasteiger charge is -2.05. The van der Waals surface area contributed by atoms with E-state index >= 15 is 0 Å². The molecule has 132 valence electrons. The Balaban J connectivity index is 1.61. The van der Waals surface area contributed by atoms with E-state index in [-0.39, 0.29) is 17.6 Å². The van der Waals surface area contributed by atoms with Crippen molar-refractivity contribution in [3.63, 3.8) is 0 Å². The SMILES string of the molecule is O=C1NC(=NCc2ccc(F)cc2)S/C1=C1/CCNC(=O)c2[nH]ccc21. The average Bonchev–Trinajstić information content (AvgIpc) is 3.22. The van der Waals surface area contributed by atoms with Crippen molar-refractivity contribution in [2.24, 2.45) is 4.99 Å². The first kappa shape index (κ1) is 16.6. The van der Waals surface area contributed by atoms with Crippen molar-refractivity contribution in [3.05, 3.63) is 64.1 Å². The lowest BCUT2D eigenvalue weighted by Crippen LogP contribution is -2.22. The highest BCUT2D eigenvalue weighted by molar-refractivity contribution is 8.18. The standard InChI is InChI=1S/C18H15FN4O2S/c19-11-3-1-10(2-4-11)9-22-18-23-17(25)15(26-18)13-6-8-21-16(24)14-12(13)5-7-20-14/h1-5,7,20H,6,8-9H2,(H,21,24)(H,22,23,25)/b15-13-. The number of nitrogens with one attached hydrogen (secondary N) is 3. The fourth-order valence-electron chi connectivity index (χ4n) is 2.91. The number of hydrogen-bond donors (Lipinski definition) is 3. The van der Waals surface area contributed by atoms with Gasteiger partial charge in [0.2, 0.25) is 0 Å². The summed E-state index contributed by atoms with van der Waals surface area (Å²) in [6.07, 6.45) is 2.26. The maximum atomic E-state index is 13.0. The number of amides is 2. The number of aromatic amines is 1. The molecule has 1 saturated heterocycles. The number of amidine groups is 1. The molecule has 3 heterocycles. The highest BCUT2D eigenvalue weighted by atomic mass is 32.2. The molecule has 26 heavy (non-hydrogen) atoms. The monoisotopic (exact) mass is 370 g/mol. The molecule has 0 bridgehead atoms. The molecule has 0 spiro atoms. The summed E-state index contributed by atoms with van der Waals surface area (Å²) in [5.74, 6) is -0.686. The van der Waals surface area contributed by atoms with Crippen LogP contribution in [-0.4, -0.2) is 28.5 Å². The van der Waals surface area contributed by atoms with Crippen LogP contribution in [0.15, 0.2) is 46.4 Å². The second-order valence-corrected chi connectivity index (χ2v) is 6.88. The van der Waals surface area contributed by atoms with Crippen LogP contribution in [0.25, 0.3) is 5.57 Å². The molecule has 1 aromatic heterocycles. The van der Waals surface area contributed by atoms with Gasteiger partial charge >= 0.3 is 0 Å². The number of benzene rings is 1. The zero-order valence-electron chi connectivity index (χ0n) is 13.6. The van der Waals surface area contributed by atoms with E-state index in [0.717, 1.165) is 16.7 Å². The molecule has 2 aliphatic heterocycles. The fourth-order valence-corrected chi connectivity index (χ4v) is 3.86. The molecule has 4 rings (SSSR count). The van der Waals surface area contributed by atoms with Crippen LogP contribution >= 0.6 is 11.8 Å². The number of aliphatic imine (C=N–C) groups is 1. The van der Waals surface area contributed by atoms with E-state index in [1.165, 1.54) is 23.9 Å². The number of aromatic nitrogens is 1. The first-order chi connectivity index (χ1) is 12.6. The van der Waals surface area contributed by atoms with Crippen molar-refractivity contribution in [2.75, 3.05) is 6.54 Å². The number of rotatable bonds is 2. The number of nitrogens with zero attached hydrogens (tertiary/aromatic N) is 1. The van der Waals surface area contributed by atoms with Crippen LogP contribution < -0.4 is 10.6 Å². The van der Waals surface area contributed by atoms with Crippen molar-refractivity contribution in [3.8, 4) is 0 Å². The van der Waals surface area contributed by atoms with Crippen LogP contribution in [0.3, 0.4) is 0 Å². The zero-order valence-corrected chi connectivity index (χ0v) is 14.5. The van der Waals surface area contributed by atoms with Crippen LogP contribution in [0.2, 0.25) is 0 Å². The minimum Gasteiger partial charge on any atom is -0.357 e. The van der Waals surface area contributed by atoms with Crippen LogP contribution in [0.1, 0.15) is 28.0 Å². The van der Waals surface area contributed by atoms with Gasteiger partial charge in [-0.05, 0) is 47.5 Å². The summed E-state index contributed by atoms with van der Waals surface area (Å²) in [5, 5.41) is 6.08. The Hall–Kier alpha value is -2.87. The first-order valence-corrected chi connectivity index (χ1v) is 8.90. The lowest BCUT2D eigenvalue weighted by atomic mass is 10.0. The van der Waals surface area contributed by atoms with E-state index in [0.29, 0.717) is 35.3 Å². The van der Waals surface area contributed by atoms with Gasteiger partial charge in [-0.1, -0.05) is 12.1 Å². The van der Waals surface area contributed by atoms with Gasteiger partial charge in [-0.3, -0.25) is 14.6 Å². The molecule has 2 aliphatic rings. The first-order valence-electron chi connectivity index (χ1n) is 8.09. The molecule has 0 saturated carbocycles. The van der Waals surface area contributed by atoms with Gasteiger partial charge in [0.05, 0.1) is 11.4 Å². The third-order valence-electron chi connectivity index (χ3n) is 4.18. The summed E-state index contributed by atoms with van der Waals surface area (Å²) in [6, 6.07) is 7.90. The molecule has 0 aliphatic carbocycles. The summed E-state index contributed by atoms with van der Waals surface area (Å²) < 4.78 is 13.0. The predicted octanol–water partition coefficient (Wildman–Crippen LogP) is 2.42. The van der Waals surface area contributed by atoms with Crippen LogP contribution in [0.5, 0.6) is 0 Å². The van der Waals surface area contributed by atoms with Gasteiger partial charge in [0, 0.05) is 18.3 Å². The molecule has 2 amide bonds. The quantitative estimate of drug-likeness (QED) is 0.710. The number of fused-ring (bicyclic) bond motifs is 1. The lowest BCUT2D eigenvalue weighted by molar-refractivity contribution is -0.115. The summed E-state index contributed by atoms with van der Waals surface area (Å²) in [4.78, 5) is 32.4. The number of H-pyrrole nitrogens is 1. The van der Waals surface area contributed by atoms with Crippen molar-refractivity contribution in [1.29, 1.82) is 0 Å². The van der Waals surface area contributed by atoms with Gasteiger partial charge in [-0.25, -0.2) is 4.39 Å².